The fraction of sp³-hybridized carbons (Fsp3) is 1.00. The highest BCUT2D eigenvalue weighted by Gasteiger charge is 2.58. The molecule has 15 atom stereocenters. The Labute approximate surface area is 203 Å². The van der Waals surface area contributed by atoms with Gasteiger partial charge < -0.3 is 79.9 Å². The molecule has 3 aliphatic heterocycles. The summed E-state index contributed by atoms with van der Waals surface area (Å²) in [6.45, 7) is -2.45. The van der Waals surface area contributed by atoms with E-state index in [1.54, 1.807) is 0 Å². The van der Waals surface area contributed by atoms with Crippen molar-refractivity contribution in [2.45, 2.75) is 90.9 Å². The maximum atomic E-state index is 10.7. The predicted octanol–water partition coefficient (Wildman–Crippen LogP) is -7.32. The van der Waals surface area contributed by atoms with E-state index in [4.69, 9.17) is 23.7 Å². The lowest BCUT2D eigenvalue weighted by molar-refractivity contribution is -0.388. The van der Waals surface area contributed by atoms with Crippen molar-refractivity contribution in [3.63, 3.8) is 0 Å². The molecule has 0 spiro atoms. The molecule has 17 heteroatoms. The molecule has 16 nitrogen and oxygen atoms in total. The summed E-state index contributed by atoms with van der Waals surface area (Å²) in [6, 6.07) is 0. The van der Waals surface area contributed by atoms with Crippen molar-refractivity contribution in [3.05, 3.63) is 0 Å². The number of ether oxygens (including phenoxy) is 5. The Morgan fingerprint density at radius 1 is 0.629 bits per heavy atom. The first-order valence-electron chi connectivity index (χ1n) is 10.7. The van der Waals surface area contributed by atoms with E-state index in [2.05, 4.69) is 12.6 Å². The van der Waals surface area contributed by atoms with Crippen LogP contribution < -0.4 is 0 Å². The van der Waals surface area contributed by atoms with E-state index < -0.39 is 111 Å². The van der Waals surface area contributed by atoms with Gasteiger partial charge in [-0.25, -0.2) is 0 Å². The number of aliphatic hydroxyl groups is 11. The number of aliphatic hydroxyl groups excluding tert-OH is 11. The van der Waals surface area contributed by atoms with Crippen LogP contribution in [0.4, 0.5) is 0 Å². The van der Waals surface area contributed by atoms with Crippen LogP contribution >= 0.6 is 12.6 Å². The number of thiol groups is 1. The second-order valence-corrected chi connectivity index (χ2v) is 9.14. The van der Waals surface area contributed by atoms with Crippen molar-refractivity contribution in [2.24, 2.45) is 0 Å². The summed E-state index contributed by atoms with van der Waals surface area (Å²) in [7, 11) is 0. The van der Waals surface area contributed by atoms with Gasteiger partial charge in [0, 0.05) is 0 Å². The Hall–Kier alpha value is -0.290. The van der Waals surface area contributed by atoms with Crippen LogP contribution in [-0.4, -0.2) is 167 Å². The highest BCUT2D eigenvalue weighted by molar-refractivity contribution is 7.81. The molecule has 3 rings (SSSR count). The Morgan fingerprint density at radius 2 is 1.23 bits per heavy atom. The average Bonchev–Trinajstić information content (AvgIpc) is 2.84. The minimum atomic E-state index is -2.49. The van der Waals surface area contributed by atoms with Crippen LogP contribution in [0.5, 0.6) is 0 Å². The third-order valence-corrected chi connectivity index (χ3v) is 6.66. The Bertz CT molecular complexity index is 685. The molecule has 3 heterocycles. The van der Waals surface area contributed by atoms with Crippen molar-refractivity contribution in [1.82, 2.24) is 0 Å². The van der Waals surface area contributed by atoms with Crippen LogP contribution in [0.25, 0.3) is 0 Å². The molecule has 0 bridgehead atoms. The van der Waals surface area contributed by atoms with Gasteiger partial charge in [-0.1, -0.05) is 0 Å². The lowest BCUT2D eigenvalue weighted by atomic mass is 9.96. The molecular formula is C18H32O16S. The molecule has 0 aromatic heterocycles. The molecular weight excluding hydrogens is 504 g/mol. The van der Waals surface area contributed by atoms with Crippen LogP contribution in [0, 0.1) is 0 Å². The van der Waals surface area contributed by atoms with Crippen LogP contribution in [0.1, 0.15) is 0 Å². The predicted molar refractivity (Wildman–Crippen MR) is 109 cm³/mol. The fourth-order valence-electron chi connectivity index (χ4n) is 4.12. The number of rotatable bonds is 7. The normalized spacial score (nSPS) is 53.5. The largest absolute Gasteiger partial charge is 0.394 e. The second-order valence-electron chi connectivity index (χ2n) is 8.51. The van der Waals surface area contributed by atoms with E-state index >= 15 is 0 Å². The molecule has 3 fully saturated rings. The zero-order valence-corrected chi connectivity index (χ0v) is 19.0. The van der Waals surface area contributed by atoms with Gasteiger partial charge in [0.05, 0.1) is 19.8 Å². The summed E-state index contributed by atoms with van der Waals surface area (Å²) in [5.41, 5.74) is 0. The van der Waals surface area contributed by atoms with Gasteiger partial charge in [0.2, 0.25) is 5.12 Å². The van der Waals surface area contributed by atoms with Crippen molar-refractivity contribution < 1.29 is 79.9 Å². The molecule has 3 aliphatic rings. The molecule has 11 N–H and O–H groups in total. The standard InChI is InChI=1S/C18H32O16S/c19-1-4-7(22)8(23)11(26)17(31-4)32-13-6(3-21)33-18(35,15(28)12(13)27)34-14-5(2-20)30-16(29)10(25)9(14)24/h4-17,19-29,35H,1-3H2/t4-,5-,6-,7-,8+,9-,10-,11-,12+,13-,14-,15-,16-,17+,18+/m1/s1. The molecule has 206 valence electrons. The summed E-state index contributed by atoms with van der Waals surface area (Å²) in [4.78, 5) is 0. The van der Waals surface area contributed by atoms with Gasteiger partial charge in [0.1, 0.15) is 73.2 Å². The summed E-state index contributed by atoms with van der Waals surface area (Å²) in [6.07, 6.45) is -24.3. The van der Waals surface area contributed by atoms with Gasteiger partial charge in [0.25, 0.3) is 0 Å². The minimum Gasteiger partial charge on any atom is -0.394 e. The van der Waals surface area contributed by atoms with Crippen LogP contribution in [0.2, 0.25) is 0 Å². The van der Waals surface area contributed by atoms with Gasteiger partial charge in [-0.15, -0.1) is 12.6 Å². The van der Waals surface area contributed by atoms with Crippen molar-refractivity contribution in [1.29, 1.82) is 0 Å². The Kier molecular flexibility index (Phi) is 9.72. The molecule has 35 heavy (non-hydrogen) atoms. The molecule has 0 amide bonds. The van der Waals surface area contributed by atoms with Gasteiger partial charge in [-0.2, -0.15) is 0 Å². The van der Waals surface area contributed by atoms with E-state index in [-0.39, 0.29) is 0 Å². The monoisotopic (exact) mass is 536 g/mol. The minimum absolute atomic E-state index is 0.757. The smallest absolute Gasteiger partial charge is 0.245 e. The molecule has 0 aliphatic carbocycles. The van der Waals surface area contributed by atoms with E-state index in [1.165, 1.54) is 0 Å². The summed E-state index contributed by atoms with van der Waals surface area (Å²) >= 11 is 4.08. The average molecular weight is 537 g/mol. The maximum absolute atomic E-state index is 10.7. The quantitative estimate of drug-likeness (QED) is 0.106. The van der Waals surface area contributed by atoms with Crippen molar-refractivity contribution in [3.8, 4) is 0 Å². The second kappa shape index (κ2) is 11.6. The molecule has 0 saturated carbocycles. The third-order valence-electron chi connectivity index (χ3n) is 6.18. The summed E-state index contributed by atoms with van der Waals surface area (Å²) in [5, 5.41) is 107. The summed E-state index contributed by atoms with van der Waals surface area (Å²) < 4.78 is 26.5. The van der Waals surface area contributed by atoms with Crippen LogP contribution in [-0.2, 0) is 23.7 Å². The van der Waals surface area contributed by atoms with Gasteiger partial charge in [-0.3, -0.25) is 0 Å². The molecule has 0 radical (unpaired) electrons. The maximum Gasteiger partial charge on any atom is 0.245 e. The first kappa shape index (κ1) is 29.3. The first-order chi connectivity index (χ1) is 16.4. The van der Waals surface area contributed by atoms with Crippen molar-refractivity contribution >= 4 is 12.6 Å². The van der Waals surface area contributed by atoms with Crippen molar-refractivity contribution in [2.75, 3.05) is 19.8 Å². The van der Waals surface area contributed by atoms with E-state index in [0.717, 1.165) is 0 Å². The fourth-order valence-corrected chi connectivity index (χ4v) is 4.53. The first-order valence-corrected chi connectivity index (χ1v) is 11.2. The van der Waals surface area contributed by atoms with Gasteiger partial charge >= 0.3 is 0 Å². The molecule has 0 aromatic carbocycles. The third kappa shape index (κ3) is 5.61. The molecule has 0 aromatic rings. The van der Waals surface area contributed by atoms with E-state index in [9.17, 15) is 56.2 Å². The molecule has 3 saturated heterocycles. The lowest BCUT2D eigenvalue weighted by Crippen LogP contribution is -2.69. The lowest BCUT2D eigenvalue weighted by Gasteiger charge is -2.51. The van der Waals surface area contributed by atoms with E-state index in [0.29, 0.717) is 0 Å². The summed E-state index contributed by atoms with van der Waals surface area (Å²) in [5.74, 6) is 0. The van der Waals surface area contributed by atoms with Gasteiger partial charge in [-0.05, 0) is 0 Å². The highest BCUT2D eigenvalue weighted by Crippen LogP contribution is 2.39. The number of hydrogen-bond acceptors (Lipinski definition) is 17. The highest BCUT2D eigenvalue weighted by atomic mass is 32.1. The zero-order chi connectivity index (χ0) is 26.2. The van der Waals surface area contributed by atoms with Crippen LogP contribution in [0.15, 0.2) is 0 Å². The SMILES string of the molecule is OC[C@H]1O[C@@H](O[C@H]2[C@H](O)[C@@H](O)[C@@](S)(O[C@H]3[C@H](O)[C@@H](O)[C@H](O)O[C@@H]3CO)O[C@@H]2CO)[C@H](O)[C@@H](O)[C@@H]1O. The van der Waals surface area contributed by atoms with Crippen LogP contribution in [0.3, 0.4) is 0 Å². The Balaban J connectivity index is 1.78. The zero-order valence-electron chi connectivity index (χ0n) is 18.1. The van der Waals surface area contributed by atoms with Gasteiger partial charge in [0.15, 0.2) is 12.6 Å². The topological polar surface area (TPSA) is 269 Å². The Morgan fingerprint density at radius 3 is 1.80 bits per heavy atom. The number of hydrogen-bond donors (Lipinski definition) is 12. The molecule has 0 unspecified atom stereocenters. The van der Waals surface area contributed by atoms with E-state index in [1.807, 2.05) is 0 Å².